The van der Waals surface area contributed by atoms with Gasteiger partial charge in [-0.25, -0.2) is 14.6 Å². The molecule has 0 amide bonds. The second kappa shape index (κ2) is 8.88. The minimum atomic E-state index is -0.661. The molecule has 1 aliphatic heterocycles. The summed E-state index contributed by atoms with van der Waals surface area (Å²) >= 11 is 0. The third-order valence-corrected chi connectivity index (χ3v) is 5.00. The molecule has 0 aromatic heterocycles. The fourth-order valence-electron chi connectivity index (χ4n) is 3.31. The van der Waals surface area contributed by atoms with Crippen molar-refractivity contribution < 1.29 is 24.0 Å². The maximum absolute atomic E-state index is 12.3. The summed E-state index contributed by atoms with van der Waals surface area (Å²) in [5, 5.41) is 11.2. The van der Waals surface area contributed by atoms with E-state index in [1.165, 1.54) is 18.2 Å². The third kappa shape index (κ3) is 4.69. The van der Waals surface area contributed by atoms with Crippen LogP contribution >= 0.6 is 0 Å². The number of esters is 2. The van der Waals surface area contributed by atoms with Crippen molar-refractivity contribution in [2.45, 2.75) is 13.8 Å². The summed E-state index contributed by atoms with van der Waals surface area (Å²) in [6.07, 6.45) is 1.52. The SMILES string of the molecule is Cc1cccc(C(=O)Oc2ccc(/C=C3\N=C(c4cccc([N+](=O)[O-])c4C)OC3=O)cc2)c1. The zero-order chi connectivity index (χ0) is 23.5. The number of ether oxygens (including phenoxy) is 2. The Morgan fingerprint density at radius 2 is 1.79 bits per heavy atom. The van der Waals surface area contributed by atoms with Gasteiger partial charge in [0.05, 0.1) is 10.5 Å². The first kappa shape index (κ1) is 21.6. The number of nitro groups is 1. The lowest BCUT2D eigenvalue weighted by Crippen LogP contribution is -2.08. The number of aliphatic imine (C=N–C) groups is 1. The molecule has 0 radical (unpaired) electrons. The number of carbonyl (C=O) groups excluding carboxylic acids is 2. The Balaban J connectivity index is 1.53. The van der Waals surface area contributed by atoms with Crippen LogP contribution in [-0.4, -0.2) is 22.8 Å². The molecule has 3 aromatic rings. The summed E-state index contributed by atoms with van der Waals surface area (Å²) in [4.78, 5) is 39.4. The van der Waals surface area contributed by atoms with Crippen LogP contribution in [0.1, 0.15) is 32.6 Å². The number of rotatable bonds is 5. The molecule has 0 bridgehead atoms. The topological polar surface area (TPSA) is 108 Å². The van der Waals surface area contributed by atoms with Crippen molar-refractivity contribution in [3.8, 4) is 5.75 Å². The van der Waals surface area contributed by atoms with Gasteiger partial charge < -0.3 is 9.47 Å². The molecule has 1 heterocycles. The van der Waals surface area contributed by atoms with Crippen LogP contribution in [0.2, 0.25) is 0 Å². The van der Waals surface area contributed by atoms with E-state index in [9.17, 15) is 19.7 Å². The number of carbonyl (C=O) groups is 2. The average molecular weight is 442 g/mol. The van der Waals surface area contributed by atoms with Crippen LogP contribution in [0.5, 0.6) is 5.75 Å². The first-order chi connectivity index (χ1) is 15.8. The first-order valence-corrected chi connectivity index (χ1v) is 9.97. The Hall–Kier alpha value is -4.59. The number of nitrogens with zero attached hydrogens (tertiary/aromatic N) is 2. The zero-order valence-corrected chi connectivity index (χ0v) is 17.8. The van der Waals surface area contributed by atoms with Crippen molar-refractivity contribution >= 4 is 29.6 Å². The van der Waals surface area contributed by atoms with Crippen LogP contribution in [0, 0.1) is 24.0 Å². The van der Waals surface area contributed by atoms with Gasteiger partial charge in [0, 0.05) is 17.2 Å². The Morgan fingerprint density at radius 1 is 1.06 bits per heavy atom. The Morgan fingerprint density at radius 3 is 2.48 bits per heavy atom. The molecular weight excluding hydrogens is 424 g/mol. The van der Waals surface area contributed by atoms with Gasteiger partial charge in [0.2, 0.25) is 5.90 Å². The molecule has 1 aliphatic rings. The lowest BCUT2D eigenvalue weighted by molar-refractivity contribution is -0.385. The van der Waals surface area contributed by atoms with Gasteiger partial charge in [0.1, 0.15) is 5.75 Å². The van der Waals surface area contributed by atoms with Gasteiger partial charge in [-0.3, -0.25) is 10.1 Å². The molecule has 0 fully saturated rings. The predicted molar refractivity (Wildman–Crippen MR) is 121 cm³/mol. The van der Waals surface area contributed by atoms with E-state index >= 15 is 0 Å². The van der Waals surface area contributed by atoms with E-state index in [0.717, 1.165) is 5.56 Å². The van der Waals surface area contributed by atoms with Crippen molar-refractivity contribution in [2.24, 2.45) is 4.99 Å². The number of hydrogen-bond acceptors (Lipinski definition) is 7. The van der Waals surface area contributed by atoms with Gasteiger partial charge in [0.25, 0.3) is 5.69 Å². The van der Waals surface area contributed by atoms with Gasteiger partial charge in [-0.1, -0.05) is 35.9 Å². The summed E-state index contributed by atoms with van der Waals surface area (Å²) in [6, 6.07) is 18.1. The molecular formula is C25H18N2O6. The highest BCUT2D eigenvalue weighted by atomic mass is 16.6. The molecule has 3 aromatic carbocycles. The number of aryl methyl sites for hydroxylation is 1. The van der Waals surface area contributed by atoms with E-state index in [2.05, 4.69) is 4.99 Å². The molecule has 0 aliphatic carbocycles. The van der Waals surface area contributed by atoms with Crippen molar-refractivity contribution in [2.75, 3.05) is 0 Å². The molecule has 8 nitrogen and oxygen atoms in total. The Bertz CT molecular complexity index is 1340. The van der Waals surface area contributed by atoms with Crippen LogP contribution in [0.3, 0.4) is 0 Å². The molecule has 4 rings (SSSR count). The van der Waals surface area contributed by atoms with E-state index in [1.54, 1.807) is 55.5 Å². The smallest absolute Gasteiger partial charge is 0.363 e. The summed E-state index contributed by atoms with van der Waals surface area (Å²) in [7, 11) is 0. The summed E-state index contributed by atoms with van der Waals surface area (Å²) in [5.74, 6) is -0.762. The number of cyclic esters (lactones) is 1. The van der Waals surface area contributed by atoms with Gasteiger partial charge >= 0.3 is 11.9 Å². The molecule has 0 N–H and O–H groups in total. The highest BCUT2D eigenvalue weighted by molar-refractivity contribution is 6.13. The average Bonchev–Trinajstić information content (AvgIpc) is 3.14. The third-order valence-electron chi connectivity index (χ3n) is 5.00. The maximum atomic E-state index is 12.3. The van der Waals surface area contributed by atoms with Crippen LogP contribution in [-0.2, 0) is 9.53 Å². The number of nitro benzene ring substituents is 1. The summed E-state index contributed by atoms with van der Waals surface area (Å²) in [6.45, 7) is 3.46. The standard InChI is InChI=1S/C25H18N2O6/c1-15-5-3-6-18(13-15)24(28)32-19-11-9-17(10-12-19)14-21-25(29)33-23(26-21)20-7-4-8-22(16(20)2)27(30)31/h3-14H,1-2H3/b21-14-. The Labute approximate surface area is 189 Å². The second-order valence-electron chi connectivity index (χ2n) is 7.37. The van der Waals surface area contributed by atoms with Crippen LogP contribution in [0.4, 0.5) is 5.69 Å². The lowest BCUT2D eigenvalue weighted by Gasteiger charge is -2.05. The first-order valence-electron chi connectivity index (χ1n) is 9.97. The molecule has 0 saturated heterocycles. The van der Waals surface area contributed by atoms with Crippen molar-refractivity contribution in [1.82, 2.24) is 0 Å². The van der Waals surface area contributed by atoms with E-state index in [1.807, 2.05) is 13.0 Å². The molecule has 0 unspecified atom stereocenters. The van der Waals surface area contributed by atoms with Crippen molar-refractivity contribution in [3.63, 3.8) is 0 Å². The van der Waals surface area contributed by atoms with Crippen molar-refractivity contribution in [1.29, 1.82) is 0 Å². The van der Waals surface area contributed by atoms with E-state index < -0.39 is 16.9 Å². The van der Waals surface area contributed by atoms with Crippen molar-refractivity contribution in [3.05, 3.63) is 110 Å². The van der Waals surface area contributed by atoms with Crippen LogP contribution in [0.25, 0.3) is 6.08 Å². The minimum absolute atomic E-state index is 0.0103. The Kier molecular flexibility index (Phi) is 5.82. The molecule has 164 valence electrons. The summed E-state index contributed by atoms with van der Waals surface area (Å²) in [5.41, 5.74) is 2.75. The number of benzene rings is 3. The maximum Gasteiger partial charge on any atom is 0.363 e. The zero-order valence-electron chi connectivity index (χ0n) is 17.8. The largest absolute Gasteiger partial charge is 0.423 e. The van der Waals surface area contributed by atoms with E-state index in [4.69, 9.17) is 9.47 Å². The highest BCUT2D eigenvalue weighted by Crippen LogP contribution is 2.26. The monoisotopic (exact) mass is 442 g/mol. The molecule has 8 heteroatoms. The molecule has 0 atom stereocenters. The van der Waals surface area contributed by atoms with Gasteiger partial charge in [-0.15, -0.1) is 0 Å². The number of hydrogen-bond donors (Lipinski definition) is 0. The summed E-state index contributed by atoms with van der Waals surface area (Å²) < 4.78 is 10.6. The quantitative estimate of drug-likeness (QED) is 0.185. The highest BCUT2D eigenvalue weighted by Gasteiger charge is 2.27. The fourth-order valence-corrected chi connectivity index (χ4v) is 3.31. The van der Waals surface area contributed by atoms with Crippen LogP contribution in [0.15, 0.2) is 77.4 Å². The molecule has 0 spiro atoms. The van der Waals surface area contributed by atoms with Gasteiger partial charge in [-0.2, -0.15) is 0 Å². The fraction of sp³-hybridized carbons (Fsp3) is 0.0800. The van der Waals surface area contributed by atoms with Crippen LogP contribution < -0.4 is 4.74 Å². The lowest BCUT2D eigenvalue weighted by atomic mass is 10.1. The minimum Gasteiger partial charge on any atom is -0.423 e. The molecule has 33 heavy (non-hydrogen) atoms. The van der Waals surface area contributed by atoms with E-state index in [-0.39, 0.29) is 17.3 Å². The van der Waals surface area contributed by atoms with E-state index in [0.29, 0.717) is 28.0 Å². The van der Waals surface area contributed by atoms with Gasteiger partial charge in [-0.05, 0) is 55.8 Å². The normalized spacial score (nSPS) is 14.1. The second-order valence-corrected chi connectivity index (χ2v) is 7.37. The van der Waals surface area contributed by atoms with Gasteiger partial charge in [0.15, 0.2) is 5.70 Å². The molecule has 0 saturated carbocycles. The predicted octanol–water partition coefficient (Wildman–Crippen LogP) is 4.78.